The predicted octanol–water partition coefficient (Wildman–Crippen LogP) is 5.36. The normalized spacial score (nSPS) is 14.7. The number of non-ortho nitro benzene ring substituents is 1. The zero-order valence-electron chi connectivity index (χ0n) is 18.7. The molecular weight excluding hydrogens is 692 g/mol. The van der Waals surface area contributed by atoms with Gasteiger partial charge in [-0.1, -0.05) is 29.8 Å². The van der Waals surface area contributed by atoms with Gasteiger partial charge in [0.25, 0.3) is 17.5 Å². The highest BCUT2D eigenvalue weighted by molar-refractivity contribution is 14.1. The van der Waals surface area contributed by atoms with Gasteiger partial charge < -0.3 is 4.74 Å². The number of nitro benzene ring substituents is 1. The van der Waals surface area contributed by atoms with Crippen LogP contribution in [-0.4, -0.2) is 22.8 Å². The minimum absolute atomic E-state index is 0.0175. The van der Waals surface area contributed by atoms with Crippen molar-refractivity contribution in [2.75, 3.05) is 4.90 Å². The van der Waals surface area contributed by atoms with Crippen molar-refractivity contribution < 1.29 is 24.0 Å². The van der Waals surface area contributed by atoms with Gasteiger partial charge in [0.2, 0.25) is 0 Å². The standard InChI is InChI=1S/C25H17I2N3O6/c1-14-5-7-17(8-6-14)29-24(32)19(23(31)28-25(29)33)10-16-11-20(26)22(21(27)12-16)36-13-15-3-2-4-18(9-15)30(34)35/h2-12H,13H2,1H3,(H,28,31,33)/b19-10+. The van der Waals surface area contributed by atoms with Crippen LogP contribution in [0.4, 0.5) is 16.2 Å². The van der Waals surface area contributed by atoms with Crippen LogP contribution >= 0.6 is 45.2 Å². The fraction of sp³-hybridized carbons (Fsp3) is 0.0800. The number of nitro groups is 1. The van der Waals surface area contributed by atoms with Gasteiger partial charge in [0, 0.05) is 12.1 Å². The third-order valence-electron chi connectivity index (χ3n) is 5.23. The summed E-state index contributed by atoms with van der Waals surface area (Å²) in [5.41, 5.74) is 2.35. The first-order valence-corrected chi connectivity index (χ1v) is 12.6. The highest BCUT2D eigenvalue weighted by Crippen LogP contribution is 2.31. The van der Waals surface area contributed by atoms with E-state index in [-0.39, 0.29) is 17.9 Å². The highest BCUT2D eigenvalue weighted by atomic mass is 127. The number of amides is 4. The van der Waals surface area contributed by atoms with E-state index in [0.29, 0.717) is 29.7 Å². The van der Waals surface area contributed by atoms with Gasteiger partial charge in [-0.25, -0.2) is 9.69 Å². The number of carbonyl (C=O) groups excluding carboxylic acids is 3. The van der Waals surface area contributed by atoms with E-state index >= 15 is 0 Å². The number of hydrogen-bond donors (Lipinski definition) is 1. The van der Waals surface area contributed by atoms with Crippen molar-refractivity contribution >= 4 is 80.5 Å². The van der Waals surface area contributed by atoms with E-state index in [4.69, 9.17) is 4.74 Å². The van der Waals surface area contributed by atoms with Crippen LogP contribution in [0.15, 0.2) is 66.2 Å². The molecule has 0 aromatic heterocycles. The lowest BCUT2D eigenvalue weighted by Crippen LogP contribution is -2.54. The molecule has 3 aromatic rings. The number of carbonyl (C=O) groups is 3. The third-order valence-corrected chi connectivity index (χ3v) is 6.83. The van der Waals surface area contributed by atoms with Crippen LogP contribution in [0.5, 0.6) is 5.75 Å². The fourth-order valence-electron chi connectivity index (χ4n) is 3.47. The number of imide groups is 2. The second kappa shape index (κ2) is 10.7. The van der Waals surface area contributed by atoms with E-state index in [1.54, 1.807) is 48.5 Å². The summed E-state index contributed by atoms with van der Waals surface area (Å²) in [6.07, 6.45) is 1.43. The lowest BCUT2D eigenvalue weighted by Gasteiger charge is -2.26. The summed E-state index contributed by atoms with van der Waals surface area (Å²) in [5.74, 6) is -0.922. The van der Waals surface area contributed by atoms with Gasteiger partial charge in [0.05, 0.1) is 17.8 Å². The van der Waals surface area contributed by atoms with Crippen LogP contribution in [0.2, 0.25) is 0 Å². The van der Waals surface area contributed by atoms with E-state index in [1.165, 1.54) is 18.2 Å². The van der Waals surface area contributed by atoms with Gasteiger partial charge in [-0.15, -0.1) is 0 Å². The van der Waals surface area contributed by atoms with E-state index in [2.05, 4.69) is 50.5 Å². The fourth-order valence-corrected chi connectivity index (χ4v) is 5.60. The number of urea groups is 1. The topological polar surface area (TPSA) is 119 Å². The number of nitrogens with one attached hydrogen (secondary N) is 1. The highest BCUT2D eigenvalue weighted by Gasteiger charge is 2.36. The molecule has 36 heavy (non-hydrogen) atoms. The SMILES string of the molecule is Cc1ccc(N2C(=O)NC(=O)/C(=C\c3cc(I)c(OCc4cccc([N+](=O)[O-])c4)c(I)c3)C2=O)cc1. The molecule has 4 rings (SSSR count). The molecule has 1 aliphatic rings. The Hall–Kier alpha value is -3.33. The summed E-state index contributed by atoms with van der Waals surface area (Å²) in [6.45, 7) is 2.01. The molecule has 0 aliphatic carbocycles. The van der Waals surface area contributed by atoms with Crippen molar-refractivity contribution in [2.45, 2.75) is 13.5 Å². The average Bonchev–Trinajstić information content (AvgIpc) is 2.82. The zero-order valence-corrected chi connectivity index (χ0v) is 23.0. The molecule has 0 saturated carbocycles. The van der Waals surface area contributed by atoms with Crippen LogP contribution in [0, 0.1) is 24.2 Å². The molecule has 1 heterocycles. The molecular formula is C25H17I2N3O6. The van der Waals surface area contributed by atoms with Gasteiger partial charge in [-0.05, 0) is 93.6 Å². The lowest BCUT2D eigenvalue weighted by molar-refractivity contribution is -0.384. The first-order chi connectivity index (χ1) is 17.1. The van der Waals surface area contributed by atoms with Crippen molar-refractivity contribution in [3.63, 3.8) is 0 Å². The number of nitrogens with zero attached hydrogens (tertiary/aromatic N) is 2. The average molecular weight is 709 g/mol. The van der Waals surface area contributed by atoms with Gasteiger partial charge >= 0.3 is 6.03 Å². The molecule has 0 spiro atoms. The van der Waals surface area contributed by atoms with Crippen LogP contribution in [0.1, 0.15) is 16.7 Å². The maximum absolute atomic E-state index is 13.1. The Balaban J connectivity index is 1.59. The van der Waals surface area contributed by atoms with E-state index in [1.807, 2.05) is 6.92 Å². The Labute approximate surface area is 232 Å². The minimum atomic E-state index is -0.805. The number of rotatable bonds is 6. The summed E-state index contributed by atoms with van der Waals surface area (Å²) >= 11 is 4.16. The third kappa shape index (κ3) is 5.56. The van der Waals surface area contributed by atoms with E-state index < -0.39 is 22.8 Å². The predicted molar refractivity (Wildman–Crippen MR) is 149 cm³/mol. The Morgan fingerprint density at radius 3 is 2.33 bits per heavy atom. The molecule has 9 nitrogen and oxygen atoms in total. The number of benzene rings is 3. The Kier molecular flexibility index (Phi) is 7.68. The van der Waals surface area contributed by atoms with Gasteiger partial charge in [-0.2, -0.15) is 0 Å². The molecule has 0 bridgehead atoms. The number of aryl methyl sites for hydroxylation is 1. The molecule has 1 aliphatic heterocycles. The molecule has 1 saturated heterocycles. The maximum atomic E-state index is 13.1. The van der Waals surface area contributed by atoms with Crippen molar-refractivity contribution in [2.24, 2.45) is 0 Å². The van der Waals surface area contributed by atoms with E-state index in [0.717, 1.165) is 10.5 Å². The van der Waals surface area contributed by atoms with Crippen LogP contribution in [0.25, 0.3) is 6.08 Å². The van der Waals surface area contributed by atoms with Gasteiger partial charge in [0.1, 0.15) is 17.9 Å². The Morgan fingerprint density at radius 2 is 1.69 bits per heavy atom. The second-order valence-electron chi connectivity index (χ2n) is 7.82. The van der Waals surface area contributed by atoms with Crippen molar-refractivity contribution in [3.8, 4) is 5.75 Å². The van der Waals surface area contributed by atoms with Gasteiger partial charge in [0.15, 0.2) is 0 Å². The molecule has 4 amide bonds. The first kappa shape index (κ1) is 25.8. The molecule has 1 fully saturated rings. The molecule has 0 radical (unpaired) electrons. The Morgan fingerprint density at radius 1 is 1.03 bits per heavy atom. The number of barbiturate groups is 1. The number of anilines is 1. The van der Waals surface area contributed by atoms with Crippen LogP contribution in [0.3, 0.4) is 0 Å². The van der Waals surface area contributed by atoms with Gasteiger partial charge in [-0.3, -0.25) is 25.0 Å². The lowest BCUT2D eigenvalue weighted by atomic mass is 10.1. The second-order valence-corrected chi connectivity index (χ2v) is 10.1. The van der Waals surface area contributed by atoms with Crippen molar-refractivity contribution in [1.29, 1.82) is 0 Å². The van der Waals surface area contributed by atoms with Crippen molar-refractivity contribution in [1.82, 2.24) is 5.32 Å². The number of ether oxygens (including phenoxy) is 1. The van der Waals surface area contributed by atoms with Crippen LogP contribution < -0.4 is 15.0 Å². The summed E-state index contributed by atoms with van der Waals surface area (Å²) in [5, 5.41) is 13.2. The number of halogens is 2. The summed E-state index contributed by atoms with van der Waals surface area (Å²) < 4.78 is 7.35. The largest absolute Gasteiger partial charge is 0.487 e. The maximum Gasteiger partial charge on any atom is 0.335 e. The smallest absolute Gasteiger partial charge is 0.335 e. The quantitative estimate of drug-likeness (QED) is 0.121. The molecule has 11 heteroatoms. The molecule has 3 aromatic carbocycles. The molecule has 182 valence electrons. The zero-order chi connectivity index (χ0) is 26.0. The first-order valence-electron chi connectivity index (χ1n) is 10.5. The monoisotopic (exact) mass is 709 g/mol. The summed E-state index contributed by atoms with van der Waals surface area (Å²) in [4.78, 5) is 49.5. The summed E-state index contributed by atoms with van der Waals surface area (Å²) in [7, 11) is 0. The van der Waals surface area contributed by atoms with Crippen molar-refractivity contribution in [3.05, 3.63) is 100 Å². The van der Waals surface area contributed by atoms with E-state index in [9.17, 15) is 24.5 Å². The van der Waals surface area contributed by atoms with Crippen LogP contribution in [-0.2, 0) is 16.2 Å². The minimum Gasteiger partial charge on any atom is -0.487 e. The Bertz CT molecular complexity index is 1410. The molecule has 1 N–H and O–H groups in total. The summed E-state index contributed by atoms with van der Waals surface area (Å²) in [6, 6.07) is 15.7. The number of hydrogen-bond acceptors (Lipinski definition) is 6. The molecule has 0 unspecified atom stereocenters. The molecule has 0 atom stereocenters.